The maximum atomic E-state index is 14.0. The van der Waals surface area contributed by atoms with Crippen LogP contribution in [0.4, 0.5) is 14.5 Å². The second kappa shape index (κ2) is 6.61. The highest BCUT2D eigenvalue weighted by Gasteiger charge is 2.23. The Morgan fingerprint density at radius 2 is 1.71 bits per heavy atom. The average Bonchev–Trinajstić information content (AvgIpc) is 2.47. The van der Waals surface area contributed by atoms with Crippen molar-refractivity contribution in [3.63, 3.8) is 0 Å². The zero-order valence-corrected chi connectivity index (χ0v) is 12.9. The van der Waals surface area contributed by atoms with E-state index in [0.717, 1.165) is 0 Å². The van der Waals surface area contributed by atoms with Gasteiger partial charge in [0.15, 0.2) is 17.3 Å². The Balaban J connectivity index is 0.00000106. The van der Waals surface area contributed by atoms with Crippen LogP contribution in [0, 0.1) is 11.6 Å². The molecule has 0 radical (unpaired) electrons. The van der Waals surface area contributed by atoms with Gasteiger partial charge in [-0.3, -0.25) is 0 Å². The molecule has 0 fully saturated rings. The molecule has 0 bridgehead atoms. The standard InChI is InChI=1S/C14H15F2NO2.C2H6/c1-6(2)8-4-7(17)5-9-10(8)14(19-3)12(16)13(18)11(9)15;1-2/h4-6,18H,17H2,1-3H3;1-2H3. The molecule has 0 spiro atoms. The van der Waals surface area contributed by atoms with E-state index in [2.05, 4.69) is 0 Å². The largest absolute Gasteiger partial charge is 0.503 e. The van der Waals surface area contributed by atoms with Crippen LogP contribution in [0.5, 0.6) is 11.5 Å². The van der Waals surface area contributed by atoms with Crippen LogP contribution in [0.3, 0.4) is 0 Å². The number of methoxy groups -OCH3 is 1. The lowest BCUT2D eigenvalue weighted by Crippen LogP contribution is -2.00. The summed E-state index contributed by atoms with van der Waals surface area (Å²) in [5.74, 6) is -3.34. The lowest BCUT2D eigenvalue weighted by atomic mass is 9.94. The minimum Gasteiger partial charge on any atom is -0.503 e. The third-order valence-electron chi connectivity index (χ3n) is 3.10. The Hall–Kier alpha value is -2.04. The minimum absolute atomic E-state index is 0.00300. The molecule has 0 saturated heterocycles. The molecular weight excluding hydrogens is 276 g/mol. The number of rotatable bonds is 2. The van der Waals surface area contributed by atoms with Crippen molar-refractivity contribution in [3.8, 4) is 11.5 Å². The lowest BCUT2D eigenvalue weighted by molar-refractivity contribution is 0.356. The third-order valence-corrected chi connectivity index (χ3v) is 3.10. The molecule has 116 valence electrons. The van der Waals surface area contributed by atoms with Crippen molar-refractivity contribution in [3.05, 3.63) is 29.3 Å². The number of hydrogen-bond donors (Lipinski definition) is 2. The molecule has 0 aliphatic heterocycles. The summed E-state index contributed by atoms with van der Waals surface area (Å²) in [4.78, 5) is 0. The molecule has 0 aliphatic rings. The van der Waals surface area contributed by atoms with Gasteiger partial charge in [-0.1, -0.05) is 27.7 Å². The van der Waals surface area contributed by atoms with E-state index in [1.54, 1.807) is 6.07 Å². The molecule has 21 heavy (non-hydrogen) atoms. The van der Waals surface area contributed by atoms with Crippen LogP contribution in [0.2, 0.25) is 0 Å². The van der Waals surface area contributed by atoms with Crippen molar-refractivity contribution < 1.29 is 18.6 Å². The molecule has 3 nitrogen and oxygen atoms in total. The number of phenolic OH excluding ortho intramolecular Hbond substituents is 1. The number of fused-ring (bicyclic) bond motifs is 1. The van der Waals surface area contributed by atoms with E-state index in [1.807, 2.05) is 27.7 Å². The van der Waals surface area contributed by atoms with E-state index in [4.69, 9.17) is 10.5 Å². The van der Waals surface area contributed by atoms with Crippen LogP contribution in [-0.2, 0) is 0 Å². The van der Waals surface area contributed by atoms with E-state index in [9.17, 15) is 13.9 Å². The molecule has 2 rings (SSSR count). The first-order chi connectivity index (χ1) is 9.88. The summed E-state index contributed by atoms with van der Waals surface area (Å²) in [6.07, 6.45) is 0. The van der Waals surface area contributed by atoms with E-state index in [1.165, 1.54) is 13.2 Å². The molecule has 3 N–H and O–H groups in total. The lowest BCUT2D eigenvalue weighted by Gasteiger charge is -2.16. The van der Waals surface area contributed by atoms with Gasteiger partial charge in [-0.15, -0.1) is 0 Å². The van der Waals surface area contributed by atoms with Crippen LogP contribution in [0.25, 0.3) is 10.8 Å². The van der Waals surface area contributed by atoms with E-state index < -0.39 is 17.4 Å². The van der Waals surface area contributed by atoms with Crippen molar-refractivity contribution in [1.29, 1.82) is 0 Å². The summed E-state index contributed by atoms with van der Waals surface area (Å²) in [7, 11) is 1.27. The first kappa shape index (κ1) is 17.0. The predicted molar refractivity (Wildman–Crippen MR) is 81.9 cm³/mol. The smallest absolute Gasteiger partial charge is 0.210 e. The summed E-state index contributed by atoms with van der Waals surface area (Å²) < 4.78 is 32.9. The van der Waals surface area contributed by atoms with E-state index in [0.29, 0.717) is 16.6 Å². The summed E-state index contributed by atoms with van der Waals surface area (Å²) in [6, 6.07) is 3.02. The average molecular weight is 297 g/mol. The fourth-order valence-electron chi connectivity index (χ4n) is 2.20. The summed E-state index contributed by atoms with van der Waals surface area (Å²) >= 11 is 0. The second-order valence-corrected chi connectivity index (χ2v) is 4.70. The van der Waals surface area contributed by atoms with Gasteiger partial charge in [0.1, 0.15) is 0 Å². The highest BCUT2D eigenvalue weighted by atomic mass is 19.1. The molecule has 2 aromatic carbocycles. The van der Waals surface area contributed by atoms with Crippen LogP contribution in [-0.4, -0.2) is 12.2 Å². The van der Waals surface area contributed by atoms with Gasteiger partial charge in [0.25, 0.3) is 0 Å². The van der Waals surface area contributed by atoms with Gasteiger partial charge in [-0.2, -0.15) is 4.39 Å². The van der Waals surface area contributed by atoms with Crippen molar-refractivity contribution >= 4 is 16.5 Å². The fourth-order valence-corrected chi connectivity index (χ4v) is 2.20. The zero-order valence-electron chi connectivity index (χ0n) is 12.9. The van der Waals surface area contributed by atoms with Crippen LogP contribution < -0.4 is 10.5 Å². The maximum Gasteiger partial charge on any atom is 0.210 e. The predicted octanol–water partition coefficient (Wildman–Crippen LogP) is 4.56. The van der Waals surface area contributed by atoms with Gasteiger partial charge in [-0.25, -0.2) is 4.39 Å². The Morgan fingerprint density at radius 3 is 2.19 bits per heavy atom. The topological polar surface area (TPSA) is 55.5 Å². The van der Waals surface area contributed by atoms with Gasteiger partial charge in [0.2, 0.25) is 5.82 Å². The monoisotopic (exact) mass is 297 g/mol. The van der Waals surface area contributed by atoms with E-state index in [-0.39, 0.29) is 17.1 Å². The Kier molecular flexibility index (Phi) is 5.35. The SMILES string of the molecule is CC.COc1c(F)c(O)c(F)c2cc(N)cc(C(C)C)c12. The van der Waals surface area contributed by atoms with Crippen LogP contribution in [0.15, 0.2) is 12.1 Å². The normalized spacial score (nSPS) is 10.5. The molecular formula is C16H21F2NO2. The number of ether oxygens (including phenoxy) is 1. The highest BCUT2D eigenvalue weighted by molar-refractivity contribution is 5.96. The van der Waals surface area contributed by atoms with Crippen LogP contribution in [0.1, 0.15) is 39.2 Å². The molecule has 0 heterocycles. The molecule has 0 amide bonds. The van der Waals surface area contributed by atoms with Gasteiger partial charge in [0, 0.05) is 16.5 Å². The summed E-state index contributed by atoms with van der Waals surface area (Å²) in [6.45, 7) is 7.77. The molecule has 0 saturated carbocycles. The number of hydrogen-bond acceptors (Lipinski definition) is 3. The Morgan fingerprint density at radius 1 is 1.14 bits per heavy atom. The molecule has 0 aliphatic carbocycles. The first-order valence-electron chi connectivity index (χ1n) is 6.85. The van der Waals surface area contributed by atoms with Crippen molar-refractivity contribution in [2.24, 2.45) is 0 Å². The van der Waals surface area contributed by atoms with Gasteiger partial charge in [0.05, 0.1) is 7.11 Å². The third kappa shape index (κ3) is 2.86. The van der Waals surface area contributed by atoms with Crippen molar-refractivity contribution in [2.45, 2.75) is 33.6 Å². The molecule has 0 unspecified atom stereocenters. The van der Waals surface area contributed by atoms with Gasteiger partial charge >= 0.3 is 0 Å². The minimum atomic E-state index is -1.10. The number of phenols is 1. The molecule has 0 atom stereocenters. The number of benzene rings is 2. The molecule has 5 heteroatoms. The number of nitrogen functional groups attached to an aromatic ring is 1. The molecule has 0 aromatic heterocycles. The quantitative estimate of drug-likeness (QED) is 0.799. The second-order valence-electron chi connectivity index (χ2n) is 4.70. The van der Waals surface area contributed by atoms with E-state index >= 15 is 0 Å². The number of nitrogens with two attached hydrogens (primary N) is 1. The number of anilines is 1. The fraction of sp³-hybridized carbons (Fsp3) is 0.375. The summed E-state index contributed by atoms with van der Waals surface area (Å²) in [5, 5.41) is 9.83. The van der Waals surface area contributed by atoms with Gasteiger partial charge in [-0.05, 0) is 23.6 Å². The highest BCUT2D eigenvalue weighted by Crippen LogP contribution is 2.42. The Bertz CT molecular complexity index is 655. The molecule has 2 aromatic rings. The van der Waals surface area contributed by atoms with Crippen LogP contribution >= 0.6 is 0 Å². The van der Waals surface area contributed by atoms with Gasteiger partial charge < -0.3 is 15.6 Å². The van der Waals surface area contributed by atoms with Crippen molar-refractivity contribution in [1.82, 2.24) is 0 Å². The van der Waals surface area contributed by atoms with Crippen molar-refractivity contribution in [2.75, 3.05) is 12.8 Å². The summed E-state index contributed by atoms with van der Waals surface area (Å²) in [5.41, 5.74) is 6.75. The Labute approximate surface area is 123 Å². The number of halogens is 2. The maximum absolute atomic E-state index is 14.0. The zero-order chi connectivity index (χ0) is 16.3. The number of aromatic hydroxyl groups is 1. The first-order valence-corrected chi connectivity index (χ1v) is 6.85.